The van der Waals surface area contributed by atoms with Crippen molar-refractivity contribution >= 4 is 55.9 Å². The van der Waals surface area contributed by atoms with Crippen molar-refractivity contribution in [3.05, 3.63) is 69.3 Å². The zero-order valence-corrected chi connectivity index (χ0v) is 17.3. The first-order valence-electron chi connectivity index (χ1n) is 8.61. The van der Waals surface area contributed by atoms with Crippen LogP contribution < -0.4 is 5.56 Å². The number of nitrogens with one attached hydrogen (secondary N) is 1. The molecule has 0 amide bonds. The van der Waals surface area contributed by atoms with Gasteiger partial charge in [0.2, 0.25) is 0 Å². The minimum Gasteiger partial charge on any atom is -0.305 e. The number of rotatable bonds is 5. The van der Waals surface area contributed by atoms with E-state index in [0.29, 0.717) is 33.5 Å². The zero-order valence-electron chi connectivity index (χ0n) is 14.9. The van der Waals surface area contributed by atoms with Crippen LogP contribution in [0.2, 0.25) is 0 Å². The van der Waals surface area contributed by atoms with E-state index in [4.69, 9.17) is 23.2 Å². The molecule has 1 N–H and O–H groups in total. The van der Waals surface area contributed by atoms with Gasteiger partial charge in [0, 0.05) is 28.1 Å². The minimum atomic E-state index is -0.201. The number of aromatic amines is 1. The first-order valence-corrected chi connectivity index (χ1v) is 10.3. The topological polar surface area (TPSA) is 63.6 Å². The van der Waals surface area contributed by atoms with Crippen LogP contribution in [0.25, 0.3) is 32.5 Å². The van der Waals surface area contributed by atoms with Crippen LogP contribution in [0.15, 0.2) is 47.5 Å². The fourth-order valence-electron chi connectivity index (χ4n) is 3.06. The molecular weight excluding hydrogens is 415 g/mol. The first kappa shape index (κ1) is 18.9. The molecule has 0 aliphatic rings. The van der Waals surface area contributed by atoms with Crippen LogP contribution in [0.5, 0.6) is 0 Å². The van der Waals surface area contributed by atoms with Crippen LogP contribution >= 0.6 is 34.5 Å². The molecule has 1 aromatic carbocycles. The van der Waals surface area contributed by atoms with Crippen molar-refractivity contribution in [1.82, 2.24) is 19.7 Å². The van der Waals surface area contributed by atoms with Gasteiger partial charge in [0.25, 0.3) is 5.56 Å². The van der Waals surface area contributed by atoms with Gasteiger partial charge in [0.05, 0.1) is 23.2 Å². The summed E-state index contributed by atoms with van der Waals surface area (Å²) in [7, 11) is 0. The highest BCUT2D eigenvalue weighted by Gasteiger charge is 2.17. The fourth-order valence-corrected chi connectivity index (χ4v) is 4.50. The third-order valence-electron chi connectivity index (χ3n) is 4.29. The van der Waals surface area contributed by atoms with E-state index in [1.165, 1.54) is 11.3 Å². The number of halogens is 2. The Kier molecular flexibility index (Phi) is 5.35. The molecular formula is C20H16Cl2N4OS. The minimum absolute atomic E-state index is 0.201. The summed E-state index contributed by atoms with van der Waals surface area (Å²) < 4.78 is 1.73. The van der Waals surface area contributed by atoms with Gasteiger partial charge in [0.1, 0.15) is 4.83 Å². The van der Waals surface area contributed by atoms with Crippen LogP contribution in [-0.2, 0) is 6.54 Å². The monoisotopic (exact) mass is 430 g/mol. The summed E-state index contributed by atoms with van der Waals surface area (Å²) >= 11 is 13.6. The van der Waals surface area contributed by atoms with Crippen molar-refractivity contribution in [1.29, 1.82) is 0 Å². The van der Waals surface area contributed by atoms with Crippen LogP contribution in [0.3, 0.4) is 0 Å². The Balaban J connectivity index is 1.77. The maximum absolute atomic E-state index is 12.8. The van der Waals surface area contributed by atoms with Gasteiger partial charge in [-0.2, -0.15) is 5.10 Å². The summed E-state index contributed by atoms with van der Waals surface area (Å²) in [6.07, 6.45) is 5.25. The van der Waals surface area contributed by atoms with E-state index in [0.717, 1.165) is 21.6 Å². The second kappa shape index (κ2) is 7.91. The molecule has 0 saturated heterocycles. The number of nitrogens with zero attached hydrogens (tertiary/aromatic N) is 3. The van der Waals surface area contributed by atoms with Crippen molar-refractivity contribution in [3.63, 3.8) is 0 Å². The highest BCUT2D eigenvalue weighted by atomic mass is 35.5. The Labute approximate surface area is 175 Å². The molecule has 0 fully saturated rings. The molecule has 0 spiro atoms. The molecule has 28 heavy (non-hydrogen) atoms. The second-order valence-electron chi connectivity index (χ2n) is 6.21. The highest BCUT2D eigenvalue weighted by molar-refractivity contribution is 7.19. The summed E-state index contributed by atoms with van der Waals surface area (Å²) in [5.74, 6) is 0.816. The van der Waals surface area contributed by atoms with E-state index in [-0.39, 0.29) is 5.56 Å². The smallest absolute Gasteiger partial charge is 0.260 e. The van der Waals surface area contributed by atoms with Gasteiger partial charge in [-0.3, -0.25) is 9.48 Å². The Morgan fingerprint density at radius 3 is 2.86 bits per heavy atom. The van der Waals surface area contributed by atoms with Crippen molar-refractivity contribution in [3.8, 4) is 11.1 Å². The molecule has 0 unspecified atom stereocenters. The number of H-pyrrole nitrogens is 1. The Morgan fingerprint density at radius 2 is 2.11 bits per heavy atom. The summed E-state index contributed by atoms with van der Waals surface area (Å²) in [4.78, 5) is 22.0. The van der Waals surface area contributed by atoms with E-state index in [2.05, 4.69) is 15.1 Å². The van der Waals surface area contributed by atoms with Gasteiger partial charge in [0.15, 0.2) is 5.82 Å². The van der Waals surface area contributed by atoms with Crippen molar-refractivity contribution in [2.75, 3.05) is 5.88 Å². The standard InChI is InChI=1S/C20H16Cl2N4OS/c1-12-16(14-5-3-2-4-6-14)17-19(27)24-18(25-20(17)28-12)15(22)9-13-10-23-26(11-13)8-7-21/h2-6,9-11H,7-8H2,1H3,(H,24,25,27)/b15-9-. The lowest BCUT2D eigenvalue weighted by Gasteiger charge is -2.02. The first-order chi connectivity index (χ1) is 13.6. The summed E-state index contributed by atoms with van der Waals surface area (Å²) in [5.41, 5.74) is 2.53. The quantitative estimate of drug-likeness (QED) is 0.446. The Morgan fingerprint density at radius 1 is 1.32 bits per heavy atom. The molecule has 3 aromatic heterocycles. The normalized spacial score (nSPS) is 12.0. The highest BCUT2D eigenvalue weighted by Crippen LogP contribution is 2.35. The van der Waals surface area contributed by atoms with E-state index in [1.54, 1.807) is 17.0 Å². The van der Waals surface area contributed by atoms with E-state index >= 15 is 0 Å². The van der Waals surface area contributed by atoms with Crippen molar-refractivity contribution in [2.45, 2.75) is 13.5 Å². The molecule has 0 saturated carbocycles. The van der Waals surface area contributed by atoms with Crippen LogP contribution in [-0.4, -0.2) is 25.6 Å². The molecule has 5 nitrogen and oxygen atoms in total. The maximum Gasteiger partial charge on any atom is 0.260 e. The van der Waals surface area contributed by atoms with Gasteiger partial charge in [-0.1, -0.05) is 41.9 Å². The number of aromatic nitrogens is 4. The molecule has 0 aliphatic heterocycles. The van der Waals surface area contributed by atoms with Gasteiger partial charge < -0.3 is 4.98 Å². The van der Waals surface area contributed by atoms with Gasteiger partial charge in [-0.25, -0.2) is 4.98 Å². The molecule has 3 heterocycles. The molecule has 142 valence electrons. The zero-order chi connectivity index (χ0) is 19.7. The fraction of sp³-hybridized carbons (Fsp3) is 0.150. The van der Waals surface area contributed by atoms with E-state index < -0.39 is 0 Å². The second-order valence-corrected chi connectivity index (χ2v) is 8.20. The Hall–Kier alpha value is -2.41. The van der Waals surface area contributed by atoms with Crippen LogP contribution in [0, 0.1) is 6.92 Å². The molecule has 0 atom stereocenters. The van der Waals surface area contributed by atoms with Gasteiger partial charge in [-0.15, -0.1) is 22.9 Å². The number of alkyl halides is 1. The molecule has 0 bridgehead atoms. The van der Waals surface area contributed by atoms with Gasteiger partial charge in [-0.05, 0) is 18.6 Å². The van der Waals surface area contributed by atoms with E-state index in [9.17, 15) is 4.79 Å². The predicted octanol–water partition coefficient (Wildman–Crippen LogP) is 5.13. The molecule has 8 heteroatoms. The summed E-state index contributed by atoms with van der Waals surface area (Å²) in [6, 6.07) is 9.85. The molecule has 4 aromatic rings. The maximum atomic E-state index is 12.8. The third-order valence-corrected chi connectivity index (χ3v) is 5.74. The Bertz CT molecular complexity index is 1220. The largest absolute Gasteiger partial charge is 0.305 e. The number of fused-ring (bicyclic) bond motifs is 1. The predicted molar refractivity (Wildman–Crippen MR) is 117 cm³/mol. The lowest BCUT2D eigenvalue weighted by atomic mass is 10.0. The molecule has 0 aliphatic carbocycles. The number of benzene rings is 1. The molecule has 0 radical (unpaired) electrons. The van der Waals surface area contributed by atoms with Crippen molar-refractivity contribution in [2.24, 2.45) is 0 Å². The average Bonchev–Trinajstić information content (AvgIpc) is 3.26. The number of hydrogen-bond donors (Lipinski definition) is 1. The third kappa shape index (κ3) is 3.63. The summed E-state index contributed by atoms with van der Waals surface area (Å²) in [5, 5.41) is 5.15. The van der Waals surface area contributed by atoms with E-state index in [1.807, 2.05) is 43.5 Å². The van der Waals surface area contributed by atoms with Crippen LogP contribution in [0.1, 0.15) is 16.3 Å². The number of hydrogen-bond acceptors (Lipinski definition) is 4. The average molecular weight is 431 g/mol. The lowest BCUT2D eigenvalue weighted by Crippen LogP contribution is -2.10. The SMILES string of the molecule is Cc1sc2nc(/C(Cl)=C/c3cnn(CCCl)c3)[nH]c(=O)c2c1-c1ccccc1. The molecule has 4 rings (SSSR count). The van der Waals surface area contributed by atoms with Crippen molar-refractivity contribution < 1.29 is 0 Å². The number of aryl methyl sites for hydroxylation is 2. The lowest BCUT2D eigenvalue weighted by molar-refractivity contribution is 0.664. The van der Waals surface area contributed by atoms with Gasteiger partial charge >= 0.3 is 0 Å². The van der Waals surface area contributed by atoms with Crippen LogP contribution in [0.4, 0.5) is 0 Å². The number of thiophene rings is 1. The summed E-state index contributed by atoms with van der Waals surface area (Å²) in [6.45, 7) is 2.61.